The molecule has 0 aromatic heterocycles. The highest BCUT2D eigenvalue weighted by Crippen LogP contribution is 2.26. The highest BCUT2D eigenvalue weighted by atomic mass is 79.9. The van der Waals surface area contributed by atoms with Gasteiger partial charge in [-0.25, -0.2) is 4.79 Å². The van der Waals surface area contributed by atoms with Crippen molar-refractivity contribution in [1.29, 1.82) is 0 Å². The molecule has 2 rings (SSSR count). The van der Waals surface area contributed by atoms with E-state index in [2.05, 4.69) is 41.2 Å². The van der Waals surface area contributed by atoms with Crippen LogP contribution in [0.1, 0.15) is 45.1 Å². The summed E-state index contributed by atoms with van der Waals surface area (Å²) in [5.74, 6) is 0. The Morgan fingerprint density at radius 2 is 2.00 bits per heavy atom. The normalized spacial score (nSPS) is 15.0. The number of fused-ring (bicyclic) bond motifs is 1. The first kappa shape index (κ1) is 15.4. The van der Waals surface area contributed by atoms with Crippen LogP contribution in [-0.2, 0) is 6.42 Å². The van der Waals surface area contributed by atoms with E-state index in [4.69, 9.17) is 0 Å². The molecule has 1 aliphatic heterocycles. The van der Waals surface area contributed by atoms with E-state index in [0.29, 0.717) is 6.04 Å². The van der Waals surface area contributed by atoms with E-state index >= 15 is 0 Å². The number of benzene rings is 1. The van der Waals surface area contributed by atoms with Crippen molar-refractivity contribution >= 4 is 27.6 Å². The van der Waals surface area contributed by atoms with Crippen LogP contribution >= 0.6 is 15.9 Å². The second-order valence-corrected chi connectivity index (χ2v) is 6.32. The van der Waals surface area contributed by atoms with Gasteiger partial charge in [-0.05, 0) is 43.0 Å². The van der Waals surface area contributed by atoms with Crippen molar-refractivity contribution in [3.63, 3.8) is 0 Å². The summed E-state index contributed by atoms with van der Waals surface area (Å²) in [5, 5.41) is 3.06. The predicted octanol–water partition coefficient (Wildman–Crippen LogP) is 4.81. The zero-order valence-corrected chi connectivity index (χ0v) is 13.9. The van der Waals surface area contributed by atoms with Gasteiger partial charge in [0.2, 0.25) is 0 Å². The van der Waals surface area contributed by atoms with Gasteiger partial charge >= 0.3 is 6.03 Å². The number of nitrogens with one attached hydrogen (secondary N) is 1. The van der Waals surface area contributed by atoms with Crippen molar-refractivity contribution in [2.75, 3.05) is 11.9 Å². The Labute approximate surface area is 129 Å². The lowest BCUT2D eigenvalue weighted by Crippen LogP contribution is -2.42. The Balaban J connectivity index is 2.17. The molecule has 1 aliphatic rings. The molecule has 110 valence electrons. The van der Waals surface area contributed by atoms with Crippen LogP contribution in [0.4, 0.5) is 10.5 Å². The molecule has 0 bridgehead atoms. The summed E-state index contributed by atoms with van der Waals surface area (Å²) in [6.45, 7) is 5.18. The fourth-order valence-electron chi connectivity index (χ4n) is 2.89. The molecule has 2 amide bonds. The molecule has 1 N–H and O–H groups in total. The van der Waals surface area contributed by atoms with Gasteiger partial charge in [-0.2, -0.15) is 0 Å². The Morgan fingerprint density at radius 1 is 1.30 bits per heavy atom. The summed E-state index contributed by atoms with van der Waals surface area (Å²) >= 11 is 3.50. The molecule has 4 heteroatoms. The van der Waals surface area contributed by atoms with Gasteiger partial charge in [0, 0.05) is 22.7 Å². The molecule has 0 spiro atoms. The number of halogens is 1. The maximum Gasteiger partial charge on any atom is 0.322 e. The van der Waals surface area contributed by atoms with E-state index in [1.54, 1.807) is 0 Å². The van der Waals surface area contributed by atoms with Gasteiger partial charge in [0.25, 0.3) is 0 Å². The van der Waals surface area contributed by atoms with E-state index < -0.39 is 0 Å². The number of nitrogens with zero attached hydrogens (tertiary/aromatic N) is 1. The van der Waals surface area contributed by atoms with Crippen molar-refractivity contribution in [1.82, 2.24) is 4.90 Å². The van der Waals surface area contributed by atoms with E-state index in [0.717, 1.165) is 48.8 Å². The average molecular weight is 339 g/mol. The first-order valence-corrected chi connectivity index (χ1v) is 8.31. The third-order valence-electron chi connectivity index (χ3n) is 3.88. The standard InChI is InChI=1S/C16H23BrN2O/c1-3-5-14(6-4-2)19-10-9-12-11-13(17)7-8-15(12)18-16(19)20/h7-8,11,14H,3-6,9-10H2,1-2H3,(H,18,20). The second-order valence-electron chi connectivity index (χ2n) is 5.41. The lowest BCUT2D eigenvalue weighted by molar-refractivity contribution is 0.180. The van der Waals surface area contributed by atoms with Crippen LogP contribution in [0, 0.1) is 0 Å². The van der Waals surface area contributed by atoms with Crippen molar-refractivity contribution in [2.24, 2.45) is 0 Å². The molecular weight excluding hydrogens is 316 g/mol. The van der Waals surface area contributed by atoms with Gasteiger partial charge in [0.05, 0.1) is 0 Å². The molecular formula is C16H23BrN2O. The average Bonchev–Trinajstić information content (AvgIpc) is 2.57. The fourth-order valence-corrected chi connectivity index (χ4v) is 3.30. The van der Waals surface area contributed by atoms with E-state index in [1.807, 2.05) is 17.0 Å². The molecule has 1 aromatic rings. The minimum Gasteiger partial charge on any atom is -0.321 e. The zero-order valence-electron chi connectivity index (χ0n) is 12.3. The molecule has 0 radical (unpaired) electrons. The van der Waals surface area contributed by atoms with Crippen LogP contribution in [0.2, 0.25) is 0 Å². The molecule has 0 saturated heterocycles. The number of carbonyl (C=O) groups excluding carboxylic acids is 1. The Bertz CT molecular complexity index is 470. The number of hydrogen-bond acceptors (Lipinski definition) is 1. The van der Waals surface area contributed by atoms with Crippen LogP contribution < -0.4 is 5.32 Å². The largest absolute Gasteiger partial charge is 0.322 e. The lowest BCUT2D eigenvalue weighted by Gasteiger charge is -2.30. The van der Waals surface area contributed by atoms with Crippen molar-refractivity contribution < 1.29 is 4.79 Å². The van der Waals surface area contributed by atoms with Gasteiger partial charge in [-0.3, -0.25) is 0 Å². The second kappa shape index (κ2) is 7.11. The van der Waals surface area contributed by atoms with Gasteiger partial charge in [-0.1, -0.05) is 42.6 Å². The van der Waals surface area contributed by atoms with Gasteiger partial charge in [0.1, 0.15) is 0 Å². The number of rotatable bonds is 5. The van der Waals surface area contributed by atoms with Crippen molar-refractivity contribution in [3.05, 3.63) is 28.2 Å². The molecule has 0 fully saturated rings. The van der Waals surface area contributed by atoms with Crippen LogP contribution in [0.25, 0.3) is 0 Å². The molecule has 3 nitrogen and oxygen atoms in total. The first-order chi connectivity index (χ1) is 9.65. The van der Waals surface area contributed by atoms with Crippen LogP contribution in [0.5, 0.6) is 0 Å². The molecule has 1 heterocycles. The number of urea groups is 1. The highest BCUT2D eigenvalue weighted by molar-refractivity contribution is 9.10. The van der Waals surface area contributed by atoms with Gasteiger partial charge < -0.3 is 10.2 Å². The molecule has 1 aromatic carbocycles. The predicted molar refractivity (Wildman–Crippen MR) is 87.2 cm³/mol. The lowest BCUT2D eigenvalue weighted by atomic mass is 10.0. The highest BCUT2D eigenvalue weighted by Gasteiger charge is 2.25. The summed E-state index contributed by atoms with van der Waals surface area (Å²) < 4.78 is 1.07. The number of anilines is 1. The van der Waals surface area contributed by atoms with E-state index in [9.17, 15) is 4.79 Å². The monoisotopic (exact) mass is 338 g/mol. The summed E-state index contributed by atoms with van der Waals surface area (Å²) in [6.07, 6.45) is 5.32. The van der Waals surface area contributed by atoms with Gasteiger partial charge in [0.15, 0.2) is 0 Å². The summed E-state index contributed by atoms with van der Waals surface area (Å²) in [4.78, 5) is 14.5. The molecule has 0 saturated carbocycles. The zero-order chi connectivity index (χ0) is 14.5. The minimum atomic E-state index is 0.0537. The topological polar surface area (TPSA) is 32.3 Å². The van der Waals surface area contributed by atoms with Crippen molar-refractivity contribution in [2.45, 2.75) is 52.0 Å². The van der Waals surface area contributed by atoms with E-state index in [1.165, 1.54) is 5.56 Å². The number of amides is 2. The van der Waals surface area contributed by atoms with Crippen LogP contribution in [0.15, 0.2) is 22.7 Å². The summed E-state index contributed by atoms with van der Waals surface area (Å²) in [6, 6.07) is 6.48. The Kier molecular flexibility index (Phi) is 5.46. The fraction of sp³-hybridized carbons (Fsp3) is 0.562. The molecule has 0 unspecified atom stereocenters. The Morgan fingerprint density at radius 3 is 2.65 bits per heavy atom. The first-order valence-electron chi connectivity index (χ1n) is 7.51. The van der Waals surface area contributed by atoms with Crippen LogP contribution in [0.3, 0.4) is 0 Å². The third kappa shape index (κ3) is 3.54. The molecule has 0 atom stereocenters. The maximum atomic E-state index is 12.5. The maximum absolute atomic E-state index is 12.5. The third-order valence-corrected chi connectivity index (χ3v) is 4.37. The van der Waals surface area contributed by atoms with E-state index in [-0.39, 0.29) is 6.03 Å². The summed E-state index contributed by atoms with van der Waals surface area (Å²) in [7, 11) is 0. The molecule has 20 heavy (non-hydrogen) atoms. The van der Waals surface area contributed by atoms with Gasteiger partial charge in [-0.15, -0.1) is 0 Å². The molecule has 0 aliphatic carbocycles. The summed E-state index contributed by atoms with van der Waals surface area (Å²) in [5.41, 5.74) is 2.16. The quantitative estimate of drug-likeness (QED) is 0.820. The smallest absolute Gasteiger partial charge is 0.321 e. The van der Waals surface area contributed by atoms with Crippen LogP contribution in [-0.4, -0.2) is 23.5 Å². The number of hydrogen-bond donors (Lipinski definition) is 1. The minimum absolute atomic E-state index is 0.0537. The van der Waals surface area contributed by atoms with Crippen molar-refractivity contribution in [3.8, 4) is 0 Å². The Hall–Kier alpha value is -1.03. The number of carbonyl (C=O) groups is 1. The SMILES string of the molecule is CCCC(CCC)N1CCc2cc(Br)ccc2NC1=O.